The van der Waals surface area contributed by atoms with Gasteiger partial charge in [-0.15, -0.1) is 10.2 Å². The van der Waals surface area contributed by atoms with Crippen molar-refractivity contribution < 1.29 is 4.79 Å². The Kier molecular flexibility index (Phi) is 3.56. The highest BCUT2D eigenvalue weighted by molar-refractivity contribution is 7.15. The zero-order valence-electron chi connectivity index (χ0n) is 21.0. The second-order valence-corrected chi connectivity index (χ2v) is 12.9. The van der Waals surface area contributed by atoms with Crippen molar-refractivity contribution in [1.29, 1.82) is 5.26 Å². The highest BCUT2D eigenvalue weighted by Crippen LogP contribution is 3.06. The Balaban J connectivity index is 1.05. The van der Waals surface area contributed by atoms with Gasteiger partial charge >= 0.3 is 0 Å². The summed E-state index contributed by atoms with van der Waals surface area (Å²) in [5.74, 6) is 4.14. The number of aromatic nitrogens is 5. The molecule has 38 heavy (non-hydrogen) atoms. The highest BCUT2D eigenvalue weighted by atomic mass is 32.1. The quantitative estimate of drug-likeness (QED) is 0.399. The molecule has 6 aliphatic carbocycles. The lowest BCUT2D eigenvalue weighted by Crippen LogP contribution is -3.16. The number of amides is 1. The molecule has 0 saturated heterocycles. The van der Waals surface area contributed by atoms with Crippen molar-refractivity contribution in [3.63, 3.8) is 0 Å². The van der Waals surface area contributed by atoms with E-state index in [2.05, 4.69) is 46.8 Å². The summed E-state index contributed by atoms with van der Waals surface area (Å²) < 4.78 is 1.81. The fraction of sp³-hybridized carbons (Fsp3) is 0.429. The minimum Gasteiger partial charge on any atom is -0.382 e. The number of hydrogen-bond donors (Lipinski definition) is 2. The van der Waals surface area contributed by atoms with Crippen LogP contribution in [0.15, 0.2) is 36.7 Å². The molecule has 2 N–H and O–H groups in total. The molecule has 0 bridgehead atoms. The fourth-order valence-corrected chi connectivity index (χ4v) is 10.7. The zero-order valence-corrected chi connectivity index (χ0v) is 21.8. The third-order valence-electron chi connectivity index (χ3n) is 10.3. The van der Waals surface area contributed by atoms with E-state index >= 15 is 0 Å². The number of carbonyl (C=O) groups excluding carboxylic acids is 1. The van der Waals surface area contributed by atoms with Crippen LogP contribution >= 0.6 is 11.3 Å². The van der Waals surface area contributed by atoms with Gasteiger partial charge in [0.05, 0.1) is 39.8 Å². The maximum Gasteiger partial charge on any atom is 0.217 e. The summed E-state index contributed by atoms with van der Waals surface area (Å²) >= 11 is 1.72. The maximum absolute atomic E-state index is 11.8. The molecule has 10 heteroatoms. The van der Waals surface area contributed by atoms with Crippen molar-refractivity contribution in [2.24, 2.45) is 35.5 Å². The van der Waals surface area contributed by atoms with Crippen molar-refractivity contribution in [3.8, 4) is 28.0 Å². The average molecular weight is 521 g/mol. The molecule has 0 unspecified atom stereocenters. The summed E-state index contributed by atoms with van der Waals surface area (Å²) in [7, 11) is 0. The van der Waals surface area contributed by atoms with E-state index in [1.807, 2.05) is 28.9 Å². The van der Waals surface area contributed by atoms with Crippen LogP contribution in [0.4, 0.5) is 5.69 Å². The van der Waals surface area contributed by atoms with Gasteiger partial charge in [-0.2, -0.15) is 10.4 Å². The number of rotatable bonds is 6. The summed E-state index contributed by atoms with van der Waals surface area (Å²) in [6, 6.07) is 10.2. The molecule has 6 saturated carbocycles. The fourth-order valence-electron chi connectivity index (χ4n) is 9.47. The number of carbonyl (C=O) groups is 1. The Morgan fingerprint density at radius 3 is 2.55 bits per heavy atom. The first kappa shape index (κ1) is 21.1. The third kappa shape index (κ3) is 1.99. The van der Waals surface area contributed by atoms with E-state index in [0.717, 1.165) is 33.2 Å². The molecule has 9 nitrogen and oxygen atoms in total. The van der Waals surface area contributed by atoms with E-state index < -0.39 is 0 Å². The minimum absolute atomic E-state index is 0.116. The van der Waals surface area contributed by atoms with E-state index in [1.165, 1.54) is 5.01 Å². The van der Waals surface area contributed by atoms with Crippen LogP contribution in [0.3, 0.4) is 0 Å². The molecular weight excluding hydrogens is 496 g/mol. The molecule has 0 atom stereocenters. The van der Waals surface area contributed by atoms with Gasteiger partial charge in [-0.3, -0.25) is 9.78 Å². The summed E-state index contributed by atoms with van der Waals surface area (Å²) in [5, 5.41) is 32.1. The lowest BCUT2D eigenvalue weighted by molar-refractivity contribution is -0.593. The summed E-state index contributed by atoms with van der Waals surface area (Å²) in [4.78, 5) is 16.6. The summed E-state index contributed by atoms with van der Waals surface area (Å²) in [5.41, 5.74) is 5.34. The SMILES string of the molecule is CC(=O)NC12C3C4C1C1C2C3C41c1nnc(-c2cnc(-c3ccc4cc(C#N)cnn34)cc2NC(C)C)s1. The lowest BCUT2D eigenvalue weighted by atomic mass is 8.94. The monoisotopic (exact) mass is 520 g/mol. The van der Waals surface area contributed by atoms with E-state index in [1.54, 1.807) is 24.5 Å². The Morgan fingerprint density at radius 1 is 1.11 bits per heavy atom. The Labute approximate surface area is 222 Å². The first-order valence-electron chi connectivity index (χ1n) is 13.2. The lowest BCUT2D eigenvalue weighted by Gasteiger charge is -3.10. The van der Waals surface area contributed by atoms with Gasteiger partial charge in [-0.1, -0.05) is 11.3 Å². The van der Waals surface area contributed by atoms with E-state index in [0.29, 0.717) is 41.1 Å². The largest absolute Gasteiger partial charge is 0.382 e. The van der Waals surface area contributed by atoms with Gasteiger partial charge in [0, 0.05) is 30.3 Å². The van der Waals surface area contributed by atoms with Gasteiger partial charge in [0.15, 0.2) is 5.01 Å². The molecule has 4 heterocycles. The zero-order chi connectivity index (χ0) is 25.7. The number of anilines is 1. The first-order chi connectivity index (χ1) is 18.4. The normalized spacial score (nSPS) is 35.8. The number of nitriles is 1. The smallest absolute Gasteiger partial charge is 0.217 e. The van der Waals surface area contributed by atoms with Crippen LogP contribution in [0.25, 0.3) is 27.5 Å². The van der Waals surface area contributed by atoms with Gasteiger partial charge in [0.1, 0.15) is 11.1 Å². The van der Waals surface area contributed by atoms with Crippen LogP contribution in [0, 0.1) is 46.8 Å². The summed E-state index contributed by atoms with van der Waals surface area (Å²) in [6.07, 6.45) is 3.46. The first-order valence-corrected chi connectivity index (χ1v) is 14.0. The number of fused-ring (bicyclic) bond motifs is 1. The maximum atomic E-state index is 11.8. The molecule has 0 aromatic carbocycles. The standard InChI is InChI=1S/C28H24N8OS/c1-11(2)32-16-7-17(18-5-4-14-6-13(8-29)9-31-36(14)18)30-10-15(16)25-34-35-26(38-25)27-19-22-20(27)24-21(27)23(19)28(22,24)33-12(3)37/h4-7,9-11,19-24H,1-3H3,(H,30,32)(H,33,37). The molecule has 0 radical (unpaired) electrons. The molecule has 188 valence electrons. The van der Waals surface area contributed by atoms with Crippen LogP contribution in [0.2, 0.25) is 0 Å². The molecule has 6 fully saturated rings. The number of hydrogen-bond acceptors (Lipinski definition) is 8. The average Bonchev–Trinajstić information content (AvgIpc) is 3.55. The van der Waals surface area contributed by atoms with Gasteiger partial charge in [0.2, 0.25) is 5.91 Å². The molecule has 10 rings (SSSR count). The predicted molar refractivity (Wildman–Crippen MR) is 140 cm³/mol. The molecular formula is C28H24N8OS. The van der Waals surface area contributed by atoms with Crippen LogP contribution in [-0.2, 0) is 10.2 Å². The van der Waals surface area contributed by atoms with E-state index in [4.69, 9.17) is 10.1 Å². The van der Waals surface area contributed by atoms with Gasteiger partial charge in [0.25, 0.3) is 0 Å². The molecule has 0 aliphatic heterocycles. The molecule has 4 aromatic heterocycles. The van der Waals surface area contributed by atoms with Crippen LogP contribution in [-0.4, -0.2) is 42.3 Å². The van der Waals surface area contributed by atoms with E-state index in [-0.39, 0.29) is 22.9 Å². The minimum atomic E-state index is 0.116. The van der Waals surface area contributed by atoms with E-state index in [9.17, 15) is 10.1 Å². The van der Waals surface area contributed by atoms with Crippen LogP contribution in [0.1, 0.15) is 31.3 Å². The van der Waals surface area contributed by atoms with Gasteiger partial charge in [-0.05, 0) is 73.6 Å². The Hall–Kier alpha value is -3.84. The molecule has 0 spiro atoms. The van der Waals surface area contributed by atoms with Crippen LogP contribution in [0.5, 0.6) is 0 Å². The van der Waals surface area contributed by atoms with Crippen molar-refractivity contribution >= 4 is 28.4 Å². The van der Waals surface area contributed by atoms with Crippen molar-refractivity contribution in [2.45, 2.75) is 37.8 Å². The summed E-state index contributed by atoms with van der Waals surface area (Å²) in [6.45, 7) is 5.88. The second kappa shape index (κ2) is 6.41. The number of nitrogens with zero attached hydrogens (tertiary/aromatic N) is 6. The second-order valence-electron chi connectivity index (χ2n) is 11.9. The van der Waals surface area contributed by atoms with Gasteiger partial charge < -0.3 is 10.6 Å². The predicted octanol–water partition coefficient (Wildman–Crippen LogP) is 3.48. The highest BCUT2D eigenvalue weighted by Gasteiger charge is 3.11. The molecule has 4 aromatic rings. The van der Waals surface area contributed by atoms with Crippen molar-refractivity contribution in [3.05, 3.63) is 47.2 Å². The Morgan fingerprint density at radius 2 is 1.87 bits per heavy atom. The van der Waals surface area contributed by atoms with Gasteiger partial charge in [-0.25, -0.2) is 4.52 Å². The number of nitrogens with one attached hydrogen (secondary N) is 2. The molecule has 6 aliphatic rings. The number of pyridine rings is 1. The topological polar surface area (TPSA) is 121 Å². The van der Waals surface area contributed by atoms with Crippen LogP contribution < -0.4 is 10.6 Å². The molecule has 1 amide bonds. The van der Waals surface area contributed by atoms with Crippen molar-refractivity contribution in [1.82, 2.24) is 30.1 Å². The Bertz CT molecular complexity index is 1730. The van der Waals surface area contributed by atoms with Crippen molar-refractivity contribution in [2.75, 3.05) is 5.32 Å². The third-order valence-corrected chi connectivity index (χ3v) is 11.4.